The van der Waals surface area contributed by atoms with E-state index in [4.69, 9.17) is 0 Å². The van der Waals surface area contributed by atoms with Crippen LogP contribution in [0.2, 0.25) is 0 Å². The first kappa shape index (κ1) is 21.0. The molecule has 5 heterocycles. The van der Waals surface area contributed by atoms with Gasteiger partial charge in [-0.1, -0.05) is 60.7 Å². The predicted molar refractivity (Wildman–Crippen MR) is 157 cm³/mol. The number of rotatable bonds is 0. The summed E-state index contributed by atoms with van der Waals surface area (Å²) in [6.45, 7) is 4.46. The van der Waals surface area contributed by atoms with Crippen LogP contribution >= 0.6 is 0 Å². The quantitative estimate of drug-likeness (QED) is 0.152. The van der Waals surface area contributed by atoms with Crippen molar-refractivity contribution in [3.63, 3.8) is 0 Å². The molecule has 3 aliphatic heterocycles. The molecule has 1 atom stereocenters. The number of aryl methyl sites for hydroxylation is 2. The zero-order valence-corrected chi connectivity index (χ0v) is 22.4. The molecule has 3 heteroatoms. The highest BCUT2D eigenvalue weighted by Gasteiger charge is 2.75. The smallest absolute Gasteiger partial charge is 0.0619 e. The fourth-order valence-electron chi connectivity index (χ4n) is 8.54. The van der Waals surface area contributed by atoms with Crippen molar-refractivity contribution in [2.24, 2.45) is 0 Å². The van der Waals surface area contributed by atoms with Gasteiger partial charge in [0.25, 0.3) is 22.8 Å². The second kappa shape index (κ2) is 6.64. The molecule has 6 aromatic rings. The predicted octanol–water partition coefficient (Wildman–Crippen LogP) is 7.08. The normalized spacial score (nSPS) is 18.6. The fraction of sp³-hybridized carbons (Fsp3) is 0.0811. The molecule has 10 rings (SSSR count). The number of benzene rings is 4. The van der Waals surface area contributed by atoms with E-state index >= 15 is 0 Å². The van der Waals surface area contributed by atoms with Gasteiger partial charge in [0, 0.05) is 34.9 Å². The molecule has 186 valence electrons. The summed E-state index contributed by atoms with van der Waals surface area (Å²) < 4.78 is 5.53. The lowest BCUT2D eigenvalue weighted by Gasteiger charge is -2.38. The maximum atomic E-state index is 2.51. The Kier molecular flexibility index (Phi) is 3.49. The lowest BCUT2D eigenvalue weighted by molar-refractivity contribution is -1.02. The van der Waals surface area contributed by atoms with Crippen LogP contribution < -0.4 is 14.1 Å². The lowest BCUT2D eigenvalue weighted by atomic mass is 9.64. The lowest BCUT2D eigenvalue weighted by Crippen LogP contribution is -2.82. The van der Waals surface area contributed by atoms with E-state index in [9.17, 15) is 0 Å². The first-order valence-corrected chi connectivity index (χ1v) is 14.1. The molecule has 0 fully saturated rings. The highest BCUT2D eigenvalue weighted by molar-refractivity contribution is 5.98. The molecule has 2 spiro atoms. The average Bonchev–Trinajstić information content (AvgIpc) is 3.56. The molecule has 0 bridgehead atoms. The van der Waals surface area contributed by atoms with Crippen molar-refractivity contribution in [2.75, 3.05) is 0 Å². The second-order valence-electron chi connectivity index (χ2n) is 11.7. The maximum absolute atomic E-state index is 2.51. The minimum Gasteiger partial charge on any atom is -0.0619 e. The molecule has 4 aromatic carbocycles. The molecule has 0 saturated heterocycles. The Morgan fingerprint density at radius 3 is 1.95 bits per heavy atom. The van der Waals surface area contributed by atoms with Crippen LogP contribution in [0.5, 0.6) is 0 Å². The van der Waals surface area contributed by atoms with Crippen molar-refractivity contribution >= 4 is 11.4 Å². The summed E-state index contributed by atoms with van der Waals surface area (Å²) in [4.78, 5) is 0. The number of hydrogen-bond acceptors (Lipinski definition) is 0. The molecular formula is C37H26N3+3. The summed E-state index contributed by atoms with van der Waals surface area (Å²) in [6, 6.07) is 41.3. The molecule has 0 radical (unpaired) electrons. The topological polar surface area (TPSA) is 7.76 Å². The van der Waals surface area contributed by atoms with E-state index in [1.54, 1.807) is 0 Å². The molecule has 1 unspecified atom stereocenters. The van der Waals surface area contributed by atoms with Gasteiger partial charge in [-0.25, -0.2) is 0 Å². The van der Waals surface area contributed by atoms with Crippen molar-refractivity contribution in [2.45, 2.75) is 19.3 Å². The largest absolute Gasteiger partial charge is 0.286 e. The van der Waals surface area contributed by atoms with Gasteiger partial charge in [0.1, 0.15) is 11.1 Å². The number of fused-ring (bicyclic) bond motifs is 11. The molecule has 0 N–H and O–H groups in total. The zero-order chi connectivity index (χ0) is 26.4. The third kappa shape index (κ3) is 1.99. The Morgan fingerprint density at radius 2 is 1.15 bits per heavy atom. The van der Waals surface area contributed by atoms with E-state index in [2.05, 4.69) is 145 Å². The minimum absolute atomic E-state index is 0.406. The van der Waals surface area contributed by atoms with E-state index in [0.717, 1.165) is 0 Å². The van der Waals surface area contributed by atoms with Crippen LogP contribution in [-0.2, 0) is 5.41 Å². The van der Waals surface area contributed by atoms with E-state index in [1.807, 2.05) is 0 Å². The Balaban J connectivity index is 1.53. The van der Waals surface area contributed by atoms with Gasteiger partial charge in [-0.05, 0) is 72.0 Å². The first-order chi connectivity index (χ1) is 19.7. The number of para-hydroxylation sites is 1. The Bertz CT molecular complexity index is 2110. The van der Waals surface area contributed by atoms with Gasteiger partial charge in [-0.15, -0.1) is 0 Å². The van der Waals surface area contributed by atoms with Gasteiger partial charge >= 0.3 is 0 Å². The minimum atomic E-state index is -0.406. The molecule has 4 aliphatic rings. The maximum Gasteiger partial charge on any atom is 0.286 e. The standard InChI is InChI=1S/C37H26N3/c1-23-17-18-34-27-12-9-15-31-35(27)40(39(34)22-23)36-28(33-16-7-8-19-38(33)40)20-24(2)21-32(36)37(31)29-13-5-3-10-25(29)26-11-4-6-14-30(26)37/h3-22H,1-2H3/q+3. The fourth-order valence-corrected chi connectivity index (χ4v) is 8.54. The van der Waals surface area contributed by atoms with E-state index in [0.29, 0.717) is 4.70 Å². The third-order valence-corrected chi connectivity index (χ3v) is 9.77. The van der Waals surface area contributed by atoms with Crippen LogP contribution in [0, 0.1) is 13.8 Å². The summed E-state index contributed by atoms with van der Waals surface area (Å²) in [5.41, 5.74) is 18.2. The van der Waals surface area contributed by atoms with Crippen LogP contribution in [0.4, 0.5) is 11.4 Å². The monoisotopic (exact) mass is 512 g/mol. The van der Waals surface area contributed by atoms with E-state index < -0.39 is 5.41 Å². The second-order valence-corrected chi connectivity index (χ2v) is 11.7. The molecule has 0 saturated carbocycles. The van der Waals surface area contributed by atoms with Crippen LogP contribution in [0.1, 0.15) is 33.4 Å². The Hall–Kier alpha value is -4.86. The van der Waals surface area contributed by atoms with Crippen molar-refractivity contribution < 1.29 is 9.35 Å². The van der Waals surface area contributed by atoms with Crippen LogP contribution in [0.15, 0.2) is 122 Å². The van der Waals surface area contributed by atoms with Gasteiger partial charge in [-0.3, -0.25) is 0 Å². The average molecular weight is 513 g/mol. The number of quaternary nitrogens is 1. The number of aromatic nitrogens is 2. The van der Waals surface area contributed by atoms with Crippen molar-refractivity contribution in [3.8, 4) is 33.6 Å². The van der Waals surface area contributed by atoms with E-state index in [-0.39, 0.29) is 0 Å². The van der Waals surface area contributed by atoms with Gasteiger partial charge < -0.3 is 0 Å². The summed E-state index contributed by atoms with van der Waals surface area (Å²) >= 11 is 0. The number of pyridine rings is 2. The molecule has 1 aliphatic carbocycles. The van der Waals surface area contributed by atoms with Crippen molar-refractivity contribution in [3.05, 3.63) is 155 Å². The van der Waals surface area contributed by atoms with Gasteiger partial charge in [0.05, 0.1) is 14.8 Å². The summed E-state index contributed by atoms with van der Waals surface area (Å²) in [5.74, 6) is 0. The molecule has 2 aromatic heterocycles. The van der Waals surface area contributed by atoms with Crippen LogP contribution in [0.3, 0.4) is 0 Å². The highest BCUT2D eigenvalue weighted by Crippen LogP contribution is 2.67. The van der Waals surface area contributed by atoms with Crippen molar-refractivity contribution in [1.82, 2.24) is 4.70 Å². The summed E-state index contributed by atoms with van der Waals surface area (Å²) in [6.07, 6.45) is 4.62. The van der Waals surface area contributed by atoms with Crippen LogP contribution in [0.25, 0.3) is 33.6 Å². The van der Waals surface area contributed by atoms with Gasteiger partial charge in [0.2, 0.25) is 12.4 Å². The zero-order valence-electron chi connectivity index (χ0n) is 22.4. The SMILES string of the molecule is Cc1cc2c3c(c1)C1(c4ccccc4-c4ccccc41)c1cccc4c1[N+]3([n+]1ccccc1-2)[n+]1cc(C)ccc1-4. The first-order valence-electron chi connectivity index (χ1n) is 14.1. The Labute approximate surface area is 233 Å². The summed E-state index contributed by atoms with van der Waals surface area (Å²) in [5, 5.41) is 0. The number of nitrogens with zero attached hydrogens (tertiary/aromatic N) is 3. The van der Waals surface area contributed by atoms with Gasteiger partial charge in [0.15, 0.2) is 4.70 Å². The summed E-state index contributed by atoms with van der Waals surface area (Å²) in [7, 11) is 0. The van der Waals surface area contributed by atoms with Gasteiger partial charge in [-0.2, -0.15) is 0 Å². The van der Waals surface area contributed by atoms with Crippen LogP contribution in [-0.4, -0.2) is 0 Å². The molecule has 40 heavy (non-hydrogen) atoms. The highest BCUT2D eigenvalue weighted by atomic mass is 15.9. The van der Waals surface area contributed by atoms with Crippen molar-refractivity contribution in [1.29, 1.82) is 0 Å². The molecule has 3 nitrogen and oxygen atoms in total. The number of hydrogen-bond donors (Lipinski definition) is 0. The third-order valence-electron chi connectivity index (χ3n) is 9.77. The van der Waals surface area contributed by atoms with E-state index in [1.165, 1.54) is 78.4 Å². The molecule has 0 amide bonds. The molecular weight excluding hydrogens is 486 g/mol. The Morgan fingerprint density at radius 1 is 0.500 bits per heavy atom.